The number of aryl methyl sites for hydroxylation is 1. The lowest BCUT2D eigenvalue weighted by Crippen LogP contribution is -2.55. The van der Waals surface area contributed by atoms with Gasteiger partial charge in [-0.05, 0) is 43.5 Å². The molecule has 2 aliphatic rings. The van der Waals surface area contributed by atoms with Crippen LogP contribution < -0.4 is 5.32 Å². The van der Waals surface area contributed by atoms with Gasteiger partial charge < -0.3 is 19.4 Å². The van der Waals surface area contributed by atoms with E-state index in [-0.39, 0.29) is 31.0 Å². The predicted octanol–water partition coefficient (Wildman–Crippen LogP) is 1.73. The lowest BCUT2D eigenvalue weighted by Gasteiger charge is -2.40. The summed E-state index contributed by atoms with van der Waals surface area (Å²) >= 11 is 0. The first-order valence-electron chi connectivity index (χ1n) is 8.79. The van der Waals surface area contributed by atoms with Crippen LogP contribution in [0.1, 0.15) is 36.0 Å². The number of rotatable bonds is 5. The normalized spacial score (nSPS) is 23.1. The lowest BCUT2D eigenvalue weighted by atomic mass is 9.98. The maximum atomic E-state index is 12.8. The number of aromatic nitrogens is 1. The van der Waals surface area contributed by atoms with Crippen LogP contribution in [0.25, 0.3) is 0 Å². The zero-order valence-electron chi connectivity index (χ0n) is 14.6. The fraction of sp³-hybridized carbons (Fsp3) is 0.421. The van der Waals surface area contributed by atoms with E-state index in [1.165, 1.54) is 0 Å². The fourth-order valence-corrected chi connectivity index (χ4v) is 3.37. The molecule has 1 aliphatic heterocycles. The van der Waals surface area contributed by atoms with Crippen LogP contribution >= 0.6 is 0 Å². The smallest absolute Gasteiger partial charge is 0.252 e. The second kappa shape index (κ2) is 6.92. The number of nitrogens with one attached hydrogen (secondary N) is 1. The number of morpholine rings is 1. The minimum atomic E-state index is -0.770. The van der Waals surface area contributed by atoms with Crippen molar-refractivity contribution in [3.8, 4) is 0 Å². The SMILES string of the molecule is Cc1ccc(CNC(=O)[C@H]2OCC(=O)N(C3CC3)[C@@H]2c2cccnc2)o1. The fourth-order valence-electron chi connectivity index (χ4n) is 3.37. The molecule has 0 unspecified atom stereocenters. The second-order valence-electron chi connectivity index (χ2n) is 6.73. The molecule has 7 heteroatoms. The molecule has 1 N–H and O–H groups in total. The van der Waals surface area contributed by atoms with Crippen molar-refractivity contribution in [2.24, 2.45) is 0 Å². The molecule has 2 amide bonds. The number of nitrogens with zero attached hydrogens (tertiary/aromatic N) is 2. The summed E-state index contributed by atoms with van der Waals surface area (Å²) in [6.45, 7) is 2.06. The molecule has 26 heavy (non-hydrogen) atoms. The molecule has 0 bridgehead atoms. The third kappa shape index (κ3) is 3.35. The Labute approximate surface area is 151 Å². The molecule has 136 valence electrons. The molecule has 0 aromatic carbocycles. The van der Waals surface area contributed by atoms with Gasteiger partial charge in [0, 0.05) is 18.4 Å². The average Bonchev–Trinajstić information content (AvgIpc) is 3.41. The Balaban J connectivity index is 1.55. The molecule has 4 rings (SSSR count). The Bertz CT molecular complexity index is 800. The van der Waals surface area contributed by atoms with Crippen molar-refractivity contribution in [2.75, 3.05) is 6.61 Å². The van der Waals surface area contributed by atoms with E-state index in [1.807, 2.05) is 30.0 Å². The molecule has 2 aromatic rings. The van der Waals surface area contributed by atoms with Crippen LogP contribution in [0, 0.1) is 6.92 Å². The maximum absolute atomic E-state index is 12.8. The number of hydrogen-bond acceptors (Lipinski definition) is 5. The molecule has 0 spiro atoms. The van der Waals surface area contributed by atoms with Gasteiger partial charge in [-0.25, -0.2) is 0 Å². The minimum Gasteiger partial charge on any atom is -0.465 e. The van der Waals surface area contributed by atoms with E-state index < -0.39 is 12.1 Å². The van der Waals surface area contributed by atoms with Crippen molar-refractivity contribution in [1.29, 1.82) is 0 Å². The molecule has 2 aromatic heterocycles. The minimum absolute atomic E-state index is 0.0768. The number of pyridine rings is 1. The highest BCUT2D eigenvalue weighted by Crippen LogP contribution is 2.39. The molecular formula is C19H21N3O4. The molecule has 7 nitrogen and oxygen atoms in total. The average molecular weight is 355 g/mol. The third-order valence-electron chi connectivity index (χ3n) is 4.72. The number of amides is 2. The number of carbonyl (C=O) groups excluding carboxylic acids is 2. The van der Waals surface area contributed by atoms with Crippen LogP contribution in [0.3, 0.4) is 0 Å². The molecule has 0 radical (unpaired) electrons. The van der Waals surface area contributed by atoms with E-state index in [9.17, 15) is 9.59 Å². The molecule has 3 heterocycles. The summed E-state index contributed by atoms with van der Waals surface area (Å²) in [5, 5.41) is 2.86. The highest BCUT2D eigenvalue weighted by atomic mass is 16.5. The molecule has 1 saturated heterocycles. The van der Waals surface area contributed by atoms with Crippen molar-refractivity contribution >= 4 is 11.8 Å². The van der Waals surface area contributed by atoms with Gasteiger partial charge in [0.15, 0.2) is 6.10 Å². The summed E-state index contributed by atoms with van der Waals surface area (Å²) in [7, 11) is 0. The third-order valence-corrected chi connectivity index (χ3v) is 4.72. The summed E-state index contributed by atoms with van der Waals surface area (Å²) in [4.78, 5) is 31.2. The van der Waals surface area contributed by atoms with E-state index in [2.05, 4.69) is 10.3 Å². The molecule has 1 aliphatic carbocycles. The first-order valence-corrected chi connectivity index (χ1v) is 8.79. The van der Waals surface area contributed by atoms with E-state index in [4.69, 9.17) is 9.15 Å². The van der Waals surface area contributed by atoms with Gasteiger partial charge in [-0.3, -0.25) is 14.6 Å². The van der Waals surface area contributed by atoms with Gasteiger partial charge in [0.2, 0.25) is 5.91 Å². The van der Waals surface area contributed by atoms with Gasteiger partial charge >= 0.3 is 0 Å². The molecule has 2 atom stereocenters. The molecule has 2 fully saturated rings. The highest BCUT2D eigenvalue weighted by Gasteiger charge is 2.47. The van der Waals surface area contributed by atoms with Gasteiger partial charge in [-0.2, -0.15) is 0 Å². The monoisotopic (exact) mass is 355 g/mol. The van der Waals surface area contributed by atoms with Crippen LogP contribution in [0.15, 0.2) is 41.1 Å². The Morgan fingerprint density at radius 1 is 1.35 bits per heavy atom. The summed E-state index contributed by atoms with van der Waals surface area (Å²) in [5.41, 5.74) is 0.807. The van der Waals surface area contributed by atoms with Gasteiger partial charge in [-0.15, -0.1) is 0 Å². The number of hydrogen-bond donors (Lipinski definition) is 1. The van der Waals surface area contributed by atoms with Crippen LogP contribution in [0.2, 0.25) is 0 Å². The summed E-state index contributed by atoms with van der Waals surface area (Å²) < 4.78 is 11.1. The van der Waals surface area contributed by atoms with Crippen LogP contribution in [-0.4, -0.2) is 40.5 Å². The Hall–Kier alpha value is -2.67. The van der Waals surface area contributed by atoms with E-state index in [0.29, 0.717) is 5.76 Å². The van der Waals surface area contributed by atoms with Gasteiger partial charge in [-0.1, -0.05) is 6.07 Å². The zero-order valence-corrected chi connectivity index (χ0v) is 14.6. The van der Waals surface area contributed by atoms with Crippen molar-refractivity contribution in [2.45, 2.75) is 44.5 Å². The largest absolute Gasteiger partial charge is 0.465 e. The van der Waals surface area contributed by atoms with Crippen molar-refractivity contribution < 1.29 is 18.7 Å². The van der Waals surface area contributed by atoms with Crippen molar-refractivity contribution in [1.82, 2.24) is 15.2 Å². The Morgan fingerprint density at radius 2 is 2.19 bits per heavy atom. The van der Waals surface area contributed by atoms with Crippen molar-refractivity contribution in [3.63, 3.8) is 0 Å². The second-order valence-corrected chi connectivity index (χ2v) is 6.73. The zero-order chi connectivity index (χ0) is 18.1. The first-order chi connectivity index (χ1) is 12.6. The summed E-state index contributed by atoms with van der Waals surface area (Å²) in [6.07, 6.45) is 4.52. The van der Waals surface area contributed by atoms with Gasteiger partial charge in [0.25, 0.3) is 5.91 Å². The topological polar surface area (TPSA) is 84.7 Å². The van der Waals surface area contributed by atoms with Gasteiger partial charge in [0.05, 0.1) is 12.6 Å². The summed E-state index contributed by atoms with van der Waals surface area (Å²) in [6, 6.07) is 7.08. The van der Waals surface area contributed by atoms with E-state index in [1.54, 1.807) is 18.5 Å². The van der Waals surface area contributed by atoms with E-state index >= 15 is 0 Å². The van der Waals surface area contributed by atoms with Crippen LogP contribution in [0.5, 0.6) is 0 Å². The Kier molecular flexibility index (Phi) is 4.46. The standard InChI is InChI=1S/C19H21N3O4/c1-12-4-7-15(26-12)10-21-19(24)18-17(13-3-2-8-20-9-13)22(14-5-6-14)16(23)11-25-18/h2-4,7-9,14,17-18H,5-6,10-11H2,1H3,(H,21,24)/t17-,18+/m1/s1. The highest BCUT2D eigenvalue weighted by molar-refractivity contribution is 5.86. The predicted molar refractivity (Wildman–Crippen MR) is 91.9 cm³/mol. The first kappa shape index (κ1) is 16.8. The number of furan rings is 1. The number of ether oxygens (including phenoxy) is 1. The van der Waals surface area contributed by atoms with E-state index in [0.717, 1.165) is 24.2 Å². The maximum Gasteiger partial charge on any atom is 0.252 e. The van der Waals surface area contributed by atoms with Crippen LogP contribution in [-0.2, 0) is 20.9 Å². The van der Waals surface area contributed by atoms with Gasteiger partial charge in [0.1, 0.15) is 18.1 Å². The summed E-state index contributed by atoms with van der Waals surface area (Å²) in [5.74, 6) is 1.14. The lowest BCUT2D eigenvalue weighted by molar-refractivity contribution is -0.165. The number of carbonyl (C=O) groups is 2. The quantitative estimate of drug-likeness (QED) is 0.883. The molecular weight excluding hydrogens is 334 g/mol. The van der Waals surface area contributed by atoms with Crippen molar-refractivity contribution in [3.05, 3.63) is 53.7 Å². The van der Waals surface area contributed by atoms with Crippen LogP contribution in [0.4, 0.5) is 0 Å². The molecule has 1 saturated carbocycles. The Morgan fingerprint density at radius 3 is 2.85 bits per heavy atom.